The van der Waals surface area contributed by atoms with E-state index in [1.807, 2.05) is 31.3 Å². The van der Waals surface area contributed by atoms with E-state index in [9.17, 15) is 0 Å². The van der Waals surface area contributed by atoms with Crippen molar-refractivity contribution in [3.8, 4) is 11.3 Å². The van der Waals surface area contributed by atoms with E-state index in [2.05, 4.69) is 41.2 Å². The quantitative estimate of drug-likeness (QED) is 0.913. The first-order valence-electron chi connectivity index (χ1n) is 5.66. The molecule has 17 heavy (non-hydrogen) atoms. The second-order valence-electron chi connectivity index (χ2n) is 4.12. The van der Waals surface area contributed by atoms with Gasteiger partial charge in [0.1, 0.15) is 11.5 Å². The minimum absolute atomic E-state index is 0.233. The van der Waals surface area contributed by atoms with Crippen LogP contribution in [0.15, 0.2) is 39.2 Å². The van der Waals surface area contributed by atoms with Crippen LogP contribution in [-0.2, 0) is 0 Å². The third-order valence-corrected chi connectivity index (χ3v) is 3.88. The van der Waals surface area contributed by atoms with Gasteiger partial charge in [0.2, 0.25) is 0 Å². The van der Waals surface area contributed by atoms with Crippen molar-refractivity contribution in [2.75, 3.05) is 7.05 Å². The first kappa shape index (κ1) is 12.4. The summed E-state index contributed by atoms with van der Waals surface area (Å²) in [6, 6.07) is 10.4. The van der Waals surface area contributed by atoms with Gasteiger partial charge in [-0.05, 0) is 44.7 Å². The second kappa shape index (κ2) is 5.07. The molecule has 0 radical (unpaired) electrons. The van der Waals surface area contributed by atoms with Crippen LogP contribution in [0.2, 0.25) is 0 Å². The highest BCUT2D eigenvalue weighted by Crippen LogP contribution is 2.31. The fourth-order valence-electron chi connectivity index (χ4n) is 1.75. The molecule has 0 aliphatic rings. The SMILES string of the molecule is CNC(C)c1ccc(-c2cccc(Br)c2C)o1. The Morgan fingerprint density at radius 3 is 2.71 bits per heavy atom. The first-order chi connectivity index (χ1) is 8.13. The van der Waals surface area contributed by atoms with Crippen LogP contribution in [0.1, 0.15) is 24.3 Å². The van der Waals surface area contributed by atoms with Gasteiger partial charge >= 0.3 is 0 Å². The van der Waals surface area contributed by atoms with Gasteiger partial charge in [0.15, 0.2) is 0 Å². The maximum absolute atomic E-state index is 5.87. The standard InChI is InChI=1S/C14H16BrNO/c1-9-11(5-4-6-12(9)15)14-8-7-13(17-14)10(2)16-3/h4-8,10,16H,1-3H3. The molecule has 0 amide bonds. The number of nitrogens with one attached hydrogen (secondary N) is 1. The van der Waals surface area contributed by atoms with Gasteiger partial charge in [-0.15, -0.1) is 0 Å². The van der Waals surface area contributed by atoms with Crippen LogP contribution < -0.4 is 5.32 Å². The molecular weight excluding hydrogens is 278 g/mol. The van der Waals surface area contributed by atoms with Gasteiger partial charge in [0.25, 0.3) is 0 Å². The number of hydrogen-bond acceptors (Lipinski definition) is 2. The summed E-state index contributed by atoms with van der Waals surface area (Å²) in [6.07, 6.45) is 0. The lowest BCUT2D eigenvalue weighted by atomic mass is 10.1. The minimum Gasteiger partial charge on any atom is -0.459 e. The molecule has 3 heteroatoms. The van der Waals surface area contributed by atoms with E-state index in [-0.39, 0.29) is 6.04 Å². The maximum atomic E-state index is 5.87. The molecule has 1 heterocycles. The molecule has 1 atom stereocenters. The number of hydrogen-bond donors (Lipinski definition) is 1. The average molecular weight is 294 g/mol. The Hall–Kier alpha value is -1.06. The zero-order valence-electron chi connectivity index (χ0n) is 10.3. The zero-order valence-corrected chi connectivity index (χ0v) is 11.8. The molecule has 1 unspecified atom stereocenters. The van der Waals surface area contributed by atoms with Crippen LogP contribution in [0, 0.1) is 6.92 Å². The monoisotopic (exact) mass is 293 g/mol. The molecule has 2 nitrogen and oxygen atoms in total. The van der Waals surface area contributed by atoms with Crippen LogP contribution in [-0.4, -0.2) is 7.05 Å². The Morgan fingerprint density at radius 1 is 1.24 bits per heavy atom. The van der Waals surface area contributed by atoms with Gasteiger partial charge in [0, 0.05) is 10.0 Å². The van der Waals surface area contributed by atoms with Crippen molar-refractivity contribution in [3.63, 3.8) is 0 Å². The van der Waals surface area contributed by atoms with Crippen molar-refractivity contribution < 1.29 is 4.42 Å². The number of rotatable bonds is 3. The van der Waals surface area contributed by atoms with Crippen molar-refractivity contribution in [3.05, 3.63) is 46.1 Å². The molecule has 2 rings (SSSR count). The Labute approximate surface area is 110 Å². The van der Waals surface area contributed by atoms with E-state index in [4.69, 9.17) is 4.42 Å². The molecule has 0 saturated carbocycles. The van der Waals surface area contributed by atoms with Gasteiger partial charge in [-0.3, -0.25) is 0 Å². The summed E-state index contributed by atoms with van der Waals surface area (Å²) < 4.78 is 6.98. The van der Waals surface area contributed by atoms with Crippen LogP contribution in [0.25, 0.3) is 11.3 Å². The minimum atomic E-state index is 0.233. The molecule has 0 fully saturated rings. The maximum Gasteiger partial charge on any atom is 0.134 e. The summed E-state index contributed by atoms with van der Waals surface area (Å²) in [6.45, 7) is 4.17. The number of benzene rings is 1. The highest BCUT2D eigenvalue weighted by atomic mass is 79.9. The molecular formula is C14H16BrNO. The fourth-order valence-corrected chi connectivity index (χ4v) is 2.11. The Morgan fingerprint density at radius 2 is 2.00 bits per heavy atom. The van der Waals surface area contributed by atoms with E-state index in [1.54, 1.807) is 0 Å². The molecule has 1 N–H and O–H groups in total. The van der Waals surface area contributed by atoms with Crippen LogP contribution in [0.4, 0.5) is 0 Å². The lowest BCUT2D eigenvalue weighted by Crippen LogP contribution is -2.11. The normalized spacial score (nSPS) is 12.7. The van der Waals surface area contributed by atoms with Crippen molar-refractivity contribution >= 4 is 15.9 Å². The first-order valence-corrected chi connectivity index (χ1v) is 6.45. The van der Waals surface area contributed by atoms with E-state index >= 15 is 0 Å². The van der Waals surface area contributed by atoms with Gasteiger partial charge in [-0.25, -0.2) is 0 Å². The molecule has 0 saturated heterocycles. The van der Waals surface area contributed by atoms with E-state index in [0.29, 0.717) is 0 Å². The number of furan rings is 1. The summed E-state index contributed by atoms with van der Waals surface area (Å²) >= 11 is 3.54. The van der Waals surface area contributed by atoms with Crippen LogP contribution >= 0.6 is 15.9 Å². The lowest BCUT2D eigenvalue weighted by Gasteiger charge is -2.07. The summed E-state index contributed by atoms with van der Waals surface area (Å²) in [5, 5.41) is 3.17. The highest BCUT2D eigenvalue weighted by Gasteiger charge is 2.11. The smallest absolute Gasteiger partial charge is 0.134 e. The van der Waals surface area contributed by atoms with E-state index < -0.39 is 0 Å². The highest BCUT2D eigenvalue weighted by molar-refractivity contribution is 9.10. The Kier molecular flexibility index (Phi) is 3.69. The molecule has 0 bridgehead atoms. The molecule has 2 aromatic rings. The second-order valence-corrected chi connectivity index (χ2v) is 4.98. The third kappa shape index (κ3) is 2.45. The van der Waals surface area contributed by atoms with Crippen molar-refractivity contribution in [1.29, 1.82) is 0 Å². The molecule has 0 aliphatic carbocycles. The van der Waals surface area contributed by atoms with Gasteiger partial charge < -0.3 is 9.73 Å². The summed E-state index contributed by atoms with van der Waals surface area (Å²) in [4.78, 5) is 0. The van der Waals surface area contributed by atoms with Crippen molar-refractivity contribution in [1.82, 2.24) is 5.32 Å². The molecule has 0 aliphatic heterocycles. The Balaban J connectivity index is 2.40. The van der Waals surface area contributed by atoms with Crippen molar-refractivity contribution in [2.45, 2.75) is 19.9 Å². The predicted octanol–water partition coefficient (Wildman–Crippen LogP) is 4.30. The molecule has 1 aromatic carbocycles. The molecule has 90 valence electrons. The van der Waals surface area contributed by atoms with Crippen molar-refractivity contribution in [2.24, 2.45) is 0 Å². The van der Waals surface area contributed by atoms with Crippen LogP contribution in [0.3, 0.4) is 0 Å². The third-order valence-electron chi connectivity index (χ3n) is 3.02. The van der Waals surface area contributed by atoms with Gasteiger partial charge in [0.05, 0.1) is 6.04 Å². The van der Waals surface area contributed by atoms with E-state index in [0.717, 1.165) is 21.6 Å². The summed E-state index contributed by atoms with van der Waals surface area (Å²) in [5.41, 5.74) is 2.33. The lowest BCUT2D eigenvalue weighted by molar-refractivity contribution is 0.458. The van der Waals surface area contributed by atoms with Gasteiger partial charge in [-0.1, -0.05) is 28.1 Å². The summed E-state index contributed by atoms with van der Waals surface area (Å²) in [5.74, 6) is 1.88. The fraction of sp³-hybridized carbons (Fsp3) is 0.286. The predicted molar refractivity (Wildman–Crippen MR) is 74.1 cm³/mol. The van der Waals surface area contributed by atoms with Gasteiger partial charge in [-0.2, -0.15) is 0 Å². The molecule has 1 aromatic heterocycles. The topological polar surface area (TPSA) is 25.2 Å². The van der Waals surface area contributed by atoms with Crippen LogP contribution in [0.5, 0.6) is 0 Å². The average Bonchev–Trinajstić information content (AvgIpc) is 2.81. The Bertz CT molecular complexity index is 519. The largest absolute Gasteiger partial charge is 0.459 e. The number of halogens is 1. The van der Waals surface area contributed by atoms with E-state index in [1.165, 1.54) is 5.56 Å². The molecule has 0 spiro atoms. The summed E-state index contributed by atoms with van der Waals surface area (Å²) in [7, 11) is 1.93. The zero-order chi connectivity index (χ0) is 12.4.